The molecule has 0 aliphatic rings. The number of nitrogens with zero attached hydrogens (tertiary/aromatic N) is 4. The topological polar surface area (TPSA) is 63.6 Å². The monoisotopic (exact) mass is 187 g/mol. The lowest BCUT2D eigenvalue weighted by Crippen LogP contribution is -2.03. The molecule has 5 nitrogen and oxygen atoms in total. The van der Waals surface area contributed by atoms with E-state index in [1.807, 2.05) is 30.3 Å². The third-order valence-corrected chi connectivity index (χ3v) is 1.74. The summed E-state index contributed by atoms with van der Waals surface area (Å²) in [6.07, 6.45) is 1.54. The average Bonchev–Trinajstić information content (AvgIpc) is 2.29. The Morgan fingerprint density at radius 1 is 1.07 bits per heavy atom. The van der Waals surface area contributed by atoms with Gasteiger partial charge in [0.15, 0.2) is 5.82 Å². The Morgan fingerprint density at radius 3 is 2.64 bits per heavy atom. The van der Waals surface area contributed by atoms with Gasteiger partial charge in [0.25, 0.3) is 0 Å². The van der Waals surface area contributed by atoms with Crippen molar-refractivity contribution in [2.24, 2.45) is 0 Å². The molecule has 1 aromatic carbocycles. The van der Waals surface area contributed by atoms with Crippen molar-refractivity contribution in [1.82, 2.24) is 20.6 Å². The summed E-state index contributed by atoms with van der Waals surface area (Å²) < 4.78 is 0. The molecule has 2 aromatic rings. The van der Waals surface area contributed by atoms with Gasteiger partial charge in [0, 0.05) is 6.54 Å². The standard InChI is InChI=1S/C9H9N5/c1-2-4-8(5-3-1)6-10-9-7-11-13-14-12-9/h1-5,7H,6H2,(H,10,12,13). The average molecular weight is 187 g/mol. The van der Waals surface area contributed by atoms with Crippen molar-refractivity contribution in [3.8, 4) is 0 Å². The summed E-state index contributed by atoms with van der Waals surface area (Å²) in [4.78, 5) is 0. The van der Waals surface area contributed by atoms with E-state index in [4.69, 9.17) is 0 Å². The molecule has 1 heterocycles. The number of hydrogen-bond acceptors (Lipinski definition) is 5. The summed E-state index contributed by atoms with van der Waals surface area (Å²) in [7, 11) is 0. The molecule has 0 fully saturated rings. The first-order valence-corrected chi connectivity index (χ1v) is 4.24. The Hall–Kier alpha value is -2.04. The predicted octanol–water partition coefficient (Wildman–Crippen LogP) is 0.879. The molecule has 0 radical (unpaired) electrons. The van der Waals surface area contributed by atoms with Crippen LogP contribution in [0.3, 0.4) is 0 Å². The molecule has 0 amide bonds. The molecule has 0 saturated carbocycles. The van der Waals surface area contributed by atoms with Crippen LogP contribution in [0, 0.1) is 0 Å². The van der Waals surface area contributed by atoms with Crippen LogP contribution in [0.15, 0.2) is 36.5 Å². The molecule has 14 heavy (non-hydrogen) atoms. The van der Waals surface area contributed by atoms with Gasteiger partial charge in [0.1, 0.15) is 0 Å². The molecule has 0 saturated heterocycles. The van der Waals surface area contributed by atoms with E-state index in [9.17, 15) is 0 Å². The molecule has 0 aliphatic carbocycles. The largest absolute Gasteiger partial charge is 0.363 e. The fourth-order valence-corrected chi connectivity index (χ4v) is 1.07. The minimum atomic E-state index is 0.629. The van der Waals surface area contributed by atoms with E-state index in [0.717, 1.165) is 0 Å². The van der Waals surface area contributed by atoms with Crippen molar-refractivity contribution < 1.29 is 0 Å². The van der Waals surface area contributed by atoms with Gasteiger partial charge in [-0.25, -0.2) is 0 Å². The maximum Gasteiger partial charge on any atom is 0.171 e. The van der Waals surface area contributed by atoms with Crippen molar-refractivity contribution in [2.75, 3.05) is 5.32 Å². The van der Waals surface area contributed by atoms with Crippen LogP contribution in [0.25, 0.3) is 0 Å². The van der Waals surface area contributed by atoms with E-state index in [-0.39, 0.29) is 0 Å². The van der Waals surface area contributed by atoms with Gasteiger partial charge < -0.3 is 5.32 Å². The zero-order chi connectivity index (χ0) is 9.64. The molecule has 70 valence electrons. The van der Waals surface area contributed by atoms with Gasteiger partial charge in [0.2, 0.25) is 0 Å². The van der Waals surface area contributed by atoms with Crippen molar-refractivity contribution >= 4 is 5.82 Å². The molecule has 2 rings (SSSR count). The SMILES string of the molecule is c1ccc(CNc2cnnnn2)cc1. The zero-order valence-electron chi connectivity index (χ0n) is 7.46. The van der Waals surface area contributed by atoms with Crippen LogP contribution in [-0.4, -0.2) is 20.6 Å². The third-order valence-electron chi connectivity index (χ3n) is 1.74. The lowest BCUT2D eigenvalue weighted by molar-refractivity contribution is 0.762. The summed E-state index contributed by atoms with van der Waals surface area (Å²) in [6.45, 7) is 0.710. The Morgan fingerprint density at radius 2 is 1.93 bits per heavy atom. The number of rotatable bonds is 3. The summed E-state index contributed by atoms with van der Waals surface area (Å²) in [5.74, 6) is 0.629. The molecular formula is C9H9N5. The first-order chi connectivity index (χ1) is 6.95. The highest BCUT2D eigenvalue weighted by Gasteiger charge is 1.93. The molecule has 5 heteroatoms. The van der Waals surface area contributed by atoms with Crippen LogP contribution in [-0.2, 0) is 6.54 Å². The molecule has 0 atom stereocenters. The quantitative estimate of drug-likeness (QED) is 0.772. The zero-order valence-corrected chi connectivity index (χ0v) is 7.46. The second kappa shape index (κ2) is 4.27. The van der Waals surface area contributed by atoms with Gasteiger partial charge in [-0.15, -0.1) is 10.2 Å². The van der Waals surface area contributed by atoms with Crippen LogP contribution >= 0.6 is 0 Å². The number of nitrogens with one attached hydrogen (secondary N) is 1. The summed E-state index contributed by atoms with van der Waals surface area (Å²) >= 11 is 0. The van der Waals surface area contributed by atoms with Crippen molar-refractivity contribution in [3.63, 3.8) is 0 Å². The normalized spacial score (nSPS) is 9.71. The third kappa shape index (κ3) is 2.22. The highest BCUT2D eigenvalue weighted by atomic mass is 15.4. The number of aromatic nitrogens is 4. The van der Waals surface area contributed by atoms with E-state index in [1.54, 1.807) is 0 Å². The van der Waals surface area contributed by atoms with E-state index in [1.165, 1.54) is 11.8 Å². The second-order valence-electron chi connectivity index (χ2n) is 2.75. The summed E-state index contributed by atoms with van der Waals surface area (Å²) in [5, 5.41) is 17.2. The molecule has 1 aromatic heterocycles. The van der Waals surface area contributed by atoms with Crippen molar-refractivity contribution in [1.29, 1.82) is 0 Å². The second-order valence-corrected chi connectivity index (χ2v) is 2.75. The number of benzene rings is 1. The lowest BCUT2D eigenvalue weighted by atomic mass is 10.2. The Bertz CT molecular complexity index is 335. The van der Waals surface area contributed by atoms with Gasteiger partial charge in [0.05, 0.1) is 6.20 Å². The number of hydrogen-bond donors (Lipinski definition) is 1. The van der Waals surface area contributed by atoms with Gasteiger partial charge in [-0.3, -0.25) is 0 Å². The minimum absolute atomic E-state index is 0.629. The van der Waals surface area contributed by atoms with Crippen molar-refractivity contribution in [2.45, 2.75) is 6.54 Å². The van der Waals surface area contributed by atoms with Gasteiger partial charge in [-0.2, -0.15) is 0 Å². The van der Waals surface area contributed by atoms with Crippen LogP contribution in [0.5, 0.6) is 0 Å². The molecule has 0 spiro atoms. The molecular weight excluding hydrogens is 178 g/mol. The highest BCUT2D eigenvalue weighted by molar-refractivity contribution is 5.30. The molecule has 0 unspecified atom stereocenters. The van der Waals surface area contributed by atoms with E-state index in [2.05, 4.69) is 25.9 Å². The molecule has 0 bridgehead atoms. The molecule has 0 aliphatic heterocycles. The van der Waals surface area contributed by atoms with Gasteiger partial charge in [-0.05, 0) is 16.0 Å². The van der Waals surface area contributed by atoms with Crippen molar-refractivity contribution in [3.05, 3.63) is 42.1 Å². The van der Waals surface area contributed by atoms with E-state index in [0.29, 0.717) is 12.4 Å². The maximum absolute atomic E-state index is 3.76. The smallest absolute Gasteiger partial charge is 0.171 e. The lowest BCUT2D eigenvalue weighted by Gasteiger charge is -2.02. The Balaban J connectivity index is 1.96. The maximum atomic E-state index is 3.76. The van der Waals surface area contributed by atoms with Crippen LogP contribution in [0.4, 0.5) is 5.82 Å². The molecule has 1 N–H and O–H groups in total. The Kier molecular flexibility index (Phi) is 2.61. The summed E-state index contributed by atoms with van der Waals surface area (Å²) in [5.41, 5.74) is 1.19. The highest BCUT2D eigenvalue weighted by Crippen LogP contribution is 2.02. The van der Waals surface area contributed by atoms with E-state index >= 15 is 0 Å². The van der Waals surface area contributed by atoms with Gasteiger partial charge >= 0.3 is 0 Å². The Labute approximate surface area is 81.2 Å². The van der Waals surface area contributed by atoms with E-state index < -0.39 is 0 Å². The minimum Gasteiger partial charge on any atom is -0.363 e. The van der Waals surface area contributed by atoms with Crippen LogP contribution in [0.2, 0.25) is 0 Å². The summed E-state index contributed by atoms with van der Waals surface area (Å²) in [6, 6.07) is 10.0. The van der Waals surface area contributed by atoms with Gasteiger partial charge in [-0.1, -0.05) is 30.3 Å². The fourth-order valence-electron chi connectivity index (χ4n) is 1.07. The first-order valence-electron chi connectivity index (χ1n) is 4.24. The number of anilines is 1. The van der Waals surface area contributed by atoms with Crippen LogP contribution in [0.1, 0.15) is 5.56 Å². The van der Waals surface area contributed by atoms with Crippen LogP contribution < -0.4 is 5.32 Å². The predicted molar refractivity (Wildman–Crippen MR) is 51.4 cm³/mol. The first kappa shape index (κ1) is 8.55. The fraction of sp³-hybridized carbons (Fsp3) is 0.111.